The predicted molar refractivity (Wildman–Crippen MR) is 94.7 cm³/mol. The molecule has 0 saturated heterocycles. The van der Waals surface area contributed by atoms with E-state index in [9.17, 15) is 0 Å². The Morgan fingerprint density at radius 3 is 1.14 bits per heavy atom. The quantitative estimate of drug-likeness (QED) is 0.610. The zero-order valence-corrected chi connectivity index (χ0v) is 16.8. The third-order valence-corrected chi connectivity index (χ3v) is 10.3. The lowest BCUT2D eigenvalue weighted by Gasteiger charge is -2.23. The van der Waals surface area contributed by atoms with Gasteiger partial charge in [-0.2, -0.15) is 0 Å². The molecular formula is C16H30O4Si2. The molecule has 0 amide bonds. The molecule has 0 heterocycles. The van der Waals surface area contributed by atoms with Crippen LogP contribution in [0.4, 0.5) is 0 Å². The Kier molecular flexibility index (Phi) is 7.95. The Morgan fingerprint density at radius 2 is 0.909 bits per heavy atom. The summed E-state index contributed by atoms with van der Waals surface area (Å²) in [7, 11) is 3.02. The summed E-state index contributed by atoms with van der Waals surface area (Å²) in [6, 6.07) is 10.7. The van der Waals surface area contributed by atoms with E-state index in [1.807, 2.05) is 0 Å². The van der Waals surface area contributed by atoms with Gasteiger partial charge in [0.15, 0.2) is 0 Å². The zero-order chi connectivity index (χ0) is 16.6. The van der Waals surface area contributed by atoms with Crippen molar-refractivity contribution in [2.45, 2.75) is 38.0 Å². The SMILES string of the molecule is CO[Si](C)(CCc1ccc(CC[Si](C)(OC)OC)cc1)OC. The molecule has 4 nitrogen and oxygen atoms in total. The van der Waals surface area contributed by atoms with Crippen LogP contribution in [0.25, 0.3) is 0 Å². The van der Waals surface area contributed by atoms with Crippen LogP contribution in [0.15, 0.2) is 24.3 Å². The normalized spacial score (nSPS) is 12.6. The van der Waals surface area contributed by atoms with E-state index in [0.29, 0.717) is 0 Å². The highest BCUT2D eigenvalue weighted by atomic mass is 28.4. The van der Waals surface area contributed by atoms with Crippen molar-refractivity contribution in [2.24, 2.45) is 0 Å². The fourth-order valence-electron chi connectivity index (χ4n) is 2.19. The van der Waals surface area contributed by atoms with Crippen LogP contribution in [0, 0.1) is 0 Å². The first-order valence-electron chi connectivity index (χ1n) is 7.69. The van der Waals surface area contributed by atoms with E-state index in [1.165, 1.54) is 11.1 Å². The summed E-state index contributed by atoms with van der Waals surface area (Å²) in [5, 5.41) is 0. The Morgan fingerprint density at radius 1 is 0.636 bits per heavy atom. The Labute approximate surface area is 137 Å². The fourth-order valence-corrected chi connectivity index (χ4v) is 4.83. The van der Waals surface area contributed by atoms with Crippen molar-refractivity contribution in [1.29, 1.82) is 0 Å². The Bertz CT molecular complexity index is 387. The minimum atomic E-state index is -1.97. The van der Waals surface area contributed by atoms with Gasteiger partial charge in [0.2, 0.25) is 0 Å². The minimum Gasteiger partial charge on any atom is -0.398 e. The third kappa shape index (κ3) is 5.94. The molecule has 0 fully saturated rings. The fraction of sp³-hybridized carbons (Fsp3) is 0.625. The first kappa shape index (κ1) is 19.5. The highest BCUT2D eigenvalue weighted by Gasteiger charge is 2.29. The number of rotatable bonds is 10. The summed E-state index contributed by atoms with van der Waals surface area (Å²) >= 11 is 0. The molecule has 0 aliphatic carbocycles. The highest BCUT2D eigenvalue weighted by Crippen LogP contribution is 2.18. The topological polar surface area (TPSA) is 36.9 Å². The van der Waals surface area contributed by atoms with E-state index in [0.717, 1.165) is 24.9 Å². The monoisotopic (exact) mass is 342 g/mol. The molecule has 0 aliphatic heterocycles. The van der Waals surface area contributed by atoms with Crippen LogP contribution in [0.5, 0.6) is 0 Å². The molecule has 22 heavy (non-hydrogen) atoms. The molecule has 0 radical (unpaired) electrons. The molecule has 0 unspecified atom stereocenters. The van der Waals surface area contributed by atoms with Crippen molar-refractivity contribution in [2.75, 3.05) is 28.4 Å². The van der Waals surface area contributed by atoms with Gasteiger partial charge in [0, 0.05) is 28.4 Å². The van der Waals surface area contributed by atoms with Crippen LogP contribution < -0.4 is 0 Å². The molecule has 1 aromatic rings. The molecule has 0 aliphatic rings. The lowest BCUT2D eigenvalue weighted by atomic mass is 10.1. The zero-order valence-electron chi connectivity index (χ0n) is 14.8. The molecule has 0 bridgehead atoms. The van der Waals surface area contributed by atoms with Crippen LogP contribution in [-0.2, 0) is 30.5 Å². The smallest absolute Gasteiger partial charge is 0.334 e. The van der Waals surface area contributed by atoms with Gasteiger partial charge in [0.05, 0.1) is 0 Å². The number of aryl methyl sites for hydroxylation is 2. The van der Waals surface area contributed by atoms with E-state index in [-0.39, 0.29) is 0 Å². The minimum absolute atomic E-state index is 0.970. The Balaban J connectivity index is 2.53. The molecule has 0 aromatic heterocycles. The third-order valence-electron chi connectivity index (χ3n) is 4.49. The van der Waals surface area contributed by atoms with Gasteiger partial charge in [-0.3, -0.25) is 0 Å². The van der Waals surface area contributed by atoms with Gasteiger partial charge in [-0.1, -0.05) is 24.3 Å². The second kappa shape index (κ2) is 8.95. The van der Waals surface area contributed by atoms with E-state index in [1.54, 1.807) is 28.4 Å². The van der Waals surface area contributed by atoms with Gasteiger partial charge in [0.25, 0.3) is 0 Å². The van der Waals surface area contributed by atoms with Gasteiger partial charge in [-0.25, -0.2) is 0 Å². The van der Waals surface area contributed by atoms with Gasteiger partial charge in [-0.05, 0) is 49.2 Å². The molecule has 6 heteroatoms. The van der Waals surface area contributed by atoms with Gasteiger partial charge >= 0.3 is 17.1 Å². The summed E-state index contributed by atoms with van der Waals surface area (Å²) in [4.78, 5) is 0. The summed E-state index contributed by atoms with van der Waals surface area (Å²) in [5.74, 6) is 0. The largest absolute Gasteiger partial charge is 0.398 e. The number of benzene rings is 1. The predicted octanol–water partition coefficient (Wildman–Crippen LogP) is 3.50. The number of hydrogen-bond acceptors (Lipinski definition) is 4. The lowest BCUT2D eigenvalue weighted by Crippen LogP contribution is -2.36. The molecule has 0 atom stereocenters. The lowest BCUT2D eigenvalue weighted by molar-refractivity contribution is 0.249. The summed E-state index contributed by atoms with van der Waals surface area (Å²) in [6.45, 7) is 4.20. The van der Waals surface area contributed by atoms with Gasteiger partial charge in [-0.15, -0.1) is 0 Å². The van der Waals surface area contributed by atoms with Crippen LogP contribution in [0.1, 0.15) is 11.1 Å². The van der Waals surface area contributed by atoms with E-state index < -0.39 is 17.1 Å². The van der Waals surface area contributed by atoms with Crippen molar-refractivity contribution in [3.63, 3.8) is 0 Å². The summed E-state index contributed by atoms with van der Waals surface area (Å²) < 4.78 is 22.1. The second-order valence-corrected chi connectivity index (χ2v) is 13.1. The van der Waals surface area contributed by atoms with Crippen molar-refractivity contribution < 1.29 is 17.7 Å². The van der Waals surface area contributed by atoms with E-state index in [4.69, 9.17) is 17.7 Å². The first-order valence-corrected chi connectivity index (χ1v) is 12.7. The molecule has 1 aromatic carbocycles. The first-order chi connectivity index (χ1) is 10.4. The Hall–Kier alpha value is -0.506. The van der Waals surface area contributed by atoms with E-state index in [2.05, 4.69) is 37.4 Å². The highest BCUT2D eigenvalue weighted by molar-refractivity contribution is 6.66. The van der Waals surface area contributed by atoms with Gasteiger partial charge in [0.1, 0.15) is 0 Å². The van der Waals surface area contributed by atoms with Crippen LogP contribution >= 0.6 is 0 Å². The average Bonchev–Trinajstić information content (AvgIpc) is 2.58. The number of hydrogen-bond donors (Lipinski definition) is 0. The maximum Gasteiger partial charge on any atom is 0.334 e. The van der Waals surface area contributed by atoms with Crippen molar-refractivity contribution in [3.8, 4) is 0 Å². The maximum absolute atomic E-state index is 5.53. The van der Waals surface area contributed by atoms with Crippen molar-refractivity contribution in [1.82, 2.24) is 0 Å². The summed E-state index contributed by atoms with van der Waals surface area (Å²) in [5.41, 5.74) is 2.66. The molecular weight excluding hydrogens is 312 g/mol. The van der Waals surface area contributed by atoms with Crippen molar-refractivity contribution >= 4 is 17.1 Å². The van der Waals surface area contributed by atoms with Crippen LogP contribution in [-0.4, -0.2) is 45.6 Å². The standard InChI is InChI=1S/C16H30O4Si2/c1-17-21(5,18-2)13-11-15-7-9-16(10-8-15)12-14-22(6,19-3)20-4/h7-10H,11-14H2,1-6H3. The molecule has 1 rings (SSSR count). The van der Waals surface area contributed by atoms with E-state index >= 15 is 0 Å². The van der Waals surface area contributed by atoms with Gasteiger partial charge < -0.3 is 17.7 Å². The molecule has 0 spiro atoms. The van der Waals surface area contributed by atoms with Crippen LogP contribution in [0.3, 0.4) is 0 Å². The molecule has 126 valence electrons. The van der Waals surface area contributed by atoms with Crippen molar-refractivity contribution in [3.05, 3.63) is 35.4 Å². The molecule has 0 N–H and O–H groups in total. The second-order valence-electron chi connectivity index (χ2n) is 5.90. The summed E-state index contributed by atoms with van der Waals surface area (Å²) in [6.07, 6.45) is 1.99. The molecule has 0 saturated carbocycles. The van der Waals surface area contributed by atoms with Crippen LogP contribution in [0.2, 0.25) is 25.2 Å². The average molecular weight is 343 g/mol. The maximum atomic E-state index is 5.53.